The first-order chi connectivity index (χ1) is 16.8. The molecule has 0 spiro atoms. The summed E-state index contributed by atoms with van der Waals surface area (Å²) in [5, 5.41) is 0. The van der Waals surface area contributed by atoms with Crippen molar-refractivity contribution >= 4 is 0 Å². The van der Waals surface area contributed by atoms with Gasteiger partial charge < -0.3 is 14.0 Å². The highest BCUT2D eigenvalue weighted by Gasteiger charge is 2.08. The van der Waals surface area contributed by atoms with Gasteiger partial charge in [0.2, 0.25) is 0 Å². The summed E-state index contributed by atoms with van der Waals surface area (Å²) in [7, 11) is 2.04. The van der Waals surface area contributed by atoms with Gasteiger partial charge in [-0.1, -0.05) is 116 Å². The predicted octanol–water partition coefficient (Wildman–Crippen LogP) is 10.2. The zero-order chi connectivity index (χ0) is 24.5. The highest BCUT2D eigenvalue weighted by molar-refractivity contribution is 5.37. The lowest BCUT2D eigenvalue weighted by Gasteiger charge is -2.09. The minimum absolute atomic E-state index is 0.794. The molecule has 1 aromatic heterocycles. The van der Waals surface area contributed by atoms with E-state index >= 15 is 0 Å². The second-order valence-corrected chi connectivity index (χ2v) is 10.1. The van der Waals surface area contributed by atoms with Crippen LogP contribution in [0.25, 0.3) is 0 Å². The molecule has 1 heterocycles. The molecular weight excluding hydrogens is 418 g/mol. The summed E-state index contributed by atoms with van der Waals surface area (Å²) in [6, 6.07) is 0. The molecule has 0 aliphatic heterocycles. The molecule has 0 aliphatic rings. The Hall–Kier alpha value is -1.38. The monoisotopic (exact) mass is 475 g/mol. The average molecular weight is 476 g/mol. The van der Waals surface area contributed by atoms with Crippen LogP contribution >= 0.6 is 0 Å². The van der Waals surface area contributed by atoms with Crippen LogP contribution in [0.15, 0.2) is 24.5 Å². The average Bonchev–Trinajstić information content (AvgIpc) is 3.19. The van der Waals surface area contributed by atoms with Gasteiger partial charge in [-0.15, -0.1) is 0 Å². The van der Waals surface area contributed by atoms with Crippen LogP contribution < -0.4 is 9.47 Å². The Kier molecular flexibility index (Phi) is 21.1. The Morgan fingerprint density at radius 2 is 0.882 bits per heavy atom. The number of allylic oxidation sites excluding steroid dienone is 2. The first-order valence-electron chi connectivity index (χ1n) is 14.8. The second-order valence-electron chi connectivity index (χ2n) is 10.1. The van der Waals surface area contributed by atoms with E-state index in [9.17, 15) is 0 Å². The van der Waals surface area contributed by atoms with Crippen molar-refractivity contribution in [1.82, 2.24) is 4.57 Å². The van der Waals surface area contributed by atoms with E-state index < -0.39 is 0 Å². The van der Waals surface area contributed by atoms with Crippen molar-refractivity contribution in [2.75, 3.05) is 13.2 Å². The van der Waals surface area contributed by atoms with Gasteiger partial charge in [-0.05, 0) is 38.5 Å². The number of aromatic nitrogens is 1. The fourth-order valence-electron chi connectivity index (χ4n) is 4.35. The van der Waals surface area contributed by atoms with Crippen molar-refractivity contribution in [2.24, 2.45) is 7.05 Å². The molecule has 0 unspecified atom stereocenters. The van der Waals surface area contributed by atoms with Gasteiger partial charge in [0.1, 0.15) is 0 Å². The van der Waals surface area contributed by atoms with E-state index in [4.69, 9.17) is 9.47 Å². The molecule has 0 fully saturated rings. The van der Waals surface area contributed by atoms with Gasteiger partial charge in [-0.3, -0.25) is 0 Å². The predicted molar refractivity (Wildman–Crippen MR) is 149 cm³/mol. The van der Waals surface area contributed by atoms with E-state index in [1.54, 1.807) is 0 Å². The molecule has 0 amide bonds. The third-order valence-corrected chi connectivity index (χ3v) is 6.55. The molecule has 3 nitrogen and oxygen atoms in total. The standard InChI is InChI=1S/C31H57NO2/c1-4-6-8-10-12-13-14-15-16-17-18-19-20-21-23-25-27-34-31-29-32(3)28-30(31)33-26-24-22-11-9-7-5-2/h12-13,28-29H,4-11,14-27H2,1-3H3/b13-12+. The van der Waals surface area contributed by atoms with Crippen LogP contribution in [0.3, 0.4) is 0 Å². The van der Waals surface area contributed by atoms with Crippen LogP contribution in [0.5, 0.6) is 11.5 Å². The third kappa shape index (κ3) is 18.0. The van der Waals surface area contributed by atoms with Gasteiger partial charge >= 0.3 is 0 Å². The van der Waals surface area contributed by atoms with Gasteiger partial charge in [0.15, 0.2) is 11.5 Å². The van der Waals surface area contributed by atoms with E-state index in [1.807, 2.05) is 24.0 Å². The van der Waals surface area contributed by atoms with E-state index in [0.29, 0.717) is 0 Å². The molecule has 1 aromatic rings. The zero-order valence-electron chi connectivity index (χ0n) is 23.1. The smallest absolute Gasteiger partial charge is 0.178 e. The number of nitrogens with zero attached hydrogens (tertiary/aromatic N) is 1. The lowest BCUT2D eigenvalue weighted by molar-refractivity contribution is 0.260. The molecule has 0 aliphatic carbocycles. The molecule has 0 bridgehead atoms. The van der Waals surface area contributed by atoms with Gasteiger partial charge in [-0.2, -0.15) is 0 Å². The van der Waals surface area contributed by atoms with Gasteiger partial charge in [-0.25, -0.2) is 0 Å². The van der Waals surface area contributed by atoms with Crippen molar-refractivity contribution in [2.45, 2.75) is 142 Å². The first kappa shape index (κ1) is 30.7. The molecule has 0 saturated heterocycles. The van der Waals surface area contributed by atoms with Crippen molar-refractivity contribution in [1.29, 1.82) is 0 Å². The maximum atomic E-state index is 6.04. The van der Waals surface area contributed by atoms with Crippen LogP contribution in [0, 0.1) is 0 Å². The van der Waals surface area contributed by atoms with E-state index in [0.717, 1.165) is 37.6 Å². The minimum atomic E-state index is 0.794. The SMILES string of the molecule is CCCCC/C=C/CCCCCCCCCCCOc1cn(C)cc1OCCCCCCCC. The lowest BCUT2D eigenvalue weighted by atomic mass is 10.1. The molecule has 0 saturated carbocycles. The van der Waals surface area contributed by atoms with Crippen molar-refractivity contribution in [3.05, 3.63) is 24.5 Å². The Bertz CT molecular complexity index is 578. The highest BCUT2D eigenvalue weighted by atomic mass is 16.5. The summed E-state index contributed by atoms with van der Waals surface area (Å²) in [6.45, 7) is 6.12. The van der Waals surface area contributed by atoms with Crippen molar-refractivity contribution in [3.8, 4) is 11.5 Å². The van der Waals surface area contributed by atoms with Gasteiger partial charge in [0.25, 0.3) is 0 Å². The maximum Gasteiger partial charge on any atom is 0.178 e. The van der Waals surface area contributed by atoms with Gasteiger partial charge in [0, 0.05) is 19.4 Å². The molecule has 3 heteroatoms. The topological polar surface area (TPSA) is 23.4 Å². The van der Waals surface area contributed by atoms with E-state index in [1.165, 1.54) is 116 Å². The number of hydrogen-bond acceptors (Lipinski definition) is 2. The van der Waals surface area contributed by atoms with Crippen LogP contribution in [0.4, 0.5) is 0 Å². The van der Waals surface area contributed by atoms with Crippen LogP contribution in [-0.2, 0) is 7.05 Å². The molecule has 0 atom stereocenters. The number of hydrogen-bond donors (Lipinski definition) is 0. The number of ether oxygens (including phenoxy) is 2. The Balaban J connectivity index is 1.93. The molecular formula is C31H57NO2. The maximum absolute atomic E-state index is 6.04. The highest BCUT2D eigenvalue weighted by Crippen LogP contribution is 2.28. The third-order valence-electron chi connectivity index (χ3n) is 6.55. The summed E-state index contributed by atoms with van der Waals surface area (Å²) in [6.07, 6.45) is 35.3. The molecule has 0 aromatic carbocycles. The molecule has 0 N–H and O–H groups in total. The van der Waals surface area contributed by atoms with E-state index in [-0.39, 0.29) is 0 Å². The first-order valence-corrected chi connectivity index (χ1v) is 14.8. The van der Waals surface area contributed by atoms with E-state index in [2.05, 4.69) is 26.0 Å². The quantitative estimate of drug-likeness (QED) is 0.104. The molecule has 1 rings (SSSR count). The Morgan fingerprint density at radius 3 is 1.35 bits per heavy atom. The fraction of sp³-hybridized carbons (Fsp3) is 0.806. The van der Waals surface area contributed by atoms with Crippen LogP contribution in [0.2, 0.25) is 0 Å². The minimum Gasteiger partial charge on any atom is -0.488 e. The number of unbranched alkanes of at least 4 members (excludes halogenated alkanes) is 17. The largest absolute Gasteiger partial charge is 0.488 e. The zero-order valence-corrected chi connectivity index (χ0v) is 23.1. The summed E-state index contributed by atoms with van der Waals surface area (Å²) < 4.78 is 14.1. The lowest BCUT2D eigenvalue weighted by Crippen LogP contribution is -2.01. The fourth-order valence-corrected chi connectivity index (χ4v) is 4.35. The summed E-state index contributed by atoms with van der Waals surface area (Å²) in [5.41, 5.74) is 0. The van der Waals surface area contributed by atoms with Crippen molar-refractivity contribution in [3.63, 3.8) is 0 Å². The Labute approximate surface area is 212 Å². The molecule has 34 heavy (non-hydrogen) atoms. The normalized spacial score (nSPS) is 11.5. The Morgan fingerprint density at radius 1 is 0.529 bits per heavy atom. The van der Waals surface area contributed by atoms with Gasteiger partial charge in [0.05, 0.1) is 13.2 Å². The molecule has 0 radical (unpaired) electrons. The summed E-state index contributed by atoms with van der Waals surface area (Å²) >= 11 is 0. The van der Waals surface area contributed by atoms with Crippen LogP contribution in [0.1, 0.15) is 142 Å². The summed E-state index contributed by atoms with van der Waals surface area (Å²) in [4.78, 5) is 0. The summed E-state index contributed by atoms with van der Waals surface area (Å²) in [5.74, 6) is 1.81. The second kappa shape index (κ2) is 23.4. The van der Waals surface area contributed by atoms with Crippen LogP contribution in [-0.4, -0.2) is 17.8 Å². The van der Waals surface area contributed by atoms with Crippen molar-refractivity contribution < 1.29 is 9.47 Å². The number of aryl methyl sites for hydroxylation is 1. The molecule has 198 valence electrons. The number of rotatable bonds is 25.